The molecule has 0 spiro atoms. The Morgan fingerprint density at radius 1 is 1.00 bits per heavy atom. The van der Waals surface area contributed by atoms with E-state index in [1.54, 1.807) is 12.1 Å². The summed E-state index contributed by atoms with van der Waals surface area (Å²) in [4.78, 5) is 0. The van der Waals surface area contributed by atoms with E-state index in [0.717, 1.165) is 5.75 Å². The maximum atomic E-state index is 8.88. The third-order valence-corrected chi connectivity index (χ3v) is 3.52. The third kappa shape index (κ3) is 4.75. The lowest BCUT2D eigenvalue weighted by Gasteiger charge is -2.23. The number of hydrogen-bond acceptors (Lipinski definition) is 3. The molecule has 0 aliphatic heterocycles. The van der Waals surface area contributed by atoms with E-state index in [4.69, 9.17) is 14.7 Å². The van der Waals surface area contributed by atoms with Gasteiger partial charge in [0.25, 0.3) is 0 Å². The monoisotopic (exact) mass is 309 g/mol. The minimum absolute atomic E-state index is 0.0328. The number of nitriles is 1. The molecule has 0 heterocycles. The van der Waals surface area contributed by atoms with Crippen molar-refractivity contribution in [2.75, 3.05) is 13.2 Å². The summed E-state index contributed by atoms with van der Waals surface area (Å²) in [5.74, 6) is 1.60. The van der Waals surface area contributed by atoms with Crippen LogP contribution in [0.1, 0.15) is 37.5 Å². The molecule has 2 rings (SSSR count). The van der Waals surface area contributed by atoms with Crippen molar-refractivity contribution < 1.29 is 9.47 Å². The first-order chi connectivity index (χ1) is 10.9. The average Bonchev–Trinajstić information content (AvgIpc) is 2.50. The van der Waals surface area contributed by atoms with Crippen LogP contribution in [-0.4, -0.2) is 13.2 Å². The summed E-state index contributed by atoms with van der Waals surface area (Å²) in [6, 6.07) is 15.5. The zero-order valence-corrected chi connectivity index (χ0v) is 14.2. The molecule has 0 unspecified atom stereocenters. The van der Waals surface area contributed by atoms with Crippen LogP contribution in [0.5, 0.6) is 11.5 Å². The quantitative estimate of drug-likeness (QED) is 0.757. The van der Waals surface area contributed by atoms with Gasteiger partial charge in [0.2, 0.25) is 0 Å². The molecule has 0 aliphatic rings. The van der Waals surface area contributed by atoms with Gasteiger partial charge in [0.1, 0.15) is 24.7 Å². The molecule has 3 nitrogen and oxygen atoms in total. The number of hydrogen-bond donors (Lipinski definition) is 0. The lowest BCUT2D eigenvalue weighted by atomic mass is 9.86. The Labute approximate surface area is 138 Å². The summed E-state index contributed by atoms with van der Waals surface area (Å²) >= 11 is 0. The molecule has 0 bridgehead atoms. The van der Waals surface area contributed by atoms with Crippen LogP contribution in [0.25, 0.3) is 0 Å². The zero-order valence-electron chi connectivity index (χ0n) is 14.2. The van der Waals surface area contributed by atoms with Gasteiger partial charge >= 0.3 is 0 Å². The number of nitrogens with zero attached hydrogens (tertiary/aromatic N) is 1. The maximum absolute atomic E-state index is 8.88. The van der Waals surface area contributed by atoms with Crippen LogP contribution in [-0.2, 0) is 5.41 Å². The fraction of sp³-hybridized carbons (Fsp3) is 0.350. The van der Waals surface area contributed by atoms with Crippen LogP contribution in [0, 0.1) is 18.3 Å². The van der Waals surface area contributed by atoms with Gasteiger partial charge < -0.3 is 9.47 Å². The van der Waals surface area contributed by atoms with Crippen LogP contribution >= 0.6 is 0 Å². The number of rotatable bonds is 5. The van der Waals surface area contributed by atoms with E-state index < -0.39 is 0 Å². The standard InChI is InChI=1S/C20H23NO2/c1-15-8-9-18(20(2,3)4)19(12-15)23-11-10-22-17-7-5-6-16(13-17)14-21/h5-9,12-13H,10-11H2,1-4H3. The van der Waals surface area contributed by atoms with Crippen molar-refractivity contribution in [3.05, 3.63) is 59.2 Å². The first-order valence-electron chi connectivity index (χ1n) is 7.77. The second kappa shape index (κ2) is 7.19. The molecule has 0 atom stereocenters. The van der Waals surface area contributed by atoms with Crippen LogP contribution < -0.4 is 9.47 Å². The van der Waals surface area contributed by atoms with Gasteiger partial charge in [0.15, 0.2) is 0 Å². The van der Waals surface area contributed by atoms with E-state index in [1.165, 1.54) is 11.1 Å². The van der Waals surface area contributed by atoms with Crippen molar-refractivity contribution in [1.29, 1.82) is 5.26 Å². The van der Waals surface area contributed by atoms with Crippen molar-refractivity contribution in [2.24, 2.45) is 0 Å². The third-order valence-electron chi connectivity index (χ3n) is 3.52. The molecular weight excluding hydrogens is 286 g/mol. The molecule has 0 saturated heterocycles. The molecule has 3 heteroatoms. The highest BCUT2D eigenvalue weighted by Gasteiger charge is 2.18. The Balaban J connectivity index is 1.96. The Kier molecular flexibility index (Phi) is 5.28. The normalized spacial score (nSPS) is 10.9. The van der Waals surface area contributed by atoms with E-state index >= 15 is 0 Å². The molecule has 23 heavy (non-hydrogen) atoms. The van der Waals surface area contributed by atoms with Gasteiger partial charge in [-0.15, -0.1) is 0 Å². The average molecular weight is 309 g/mol. The predicted molar refractivity (Wildman–Crippen MR) is 92.0 cm³/mol. The van der Waals surface area contributed by atoms with Crippen molar-refractivity contribution >= 4 is 0 Å². The molecule has 2 aromatic carbocycles. The Hall–Kier alpha value is -2.47. The van der Waals surface area contributed by atoms with Crippen LogP contribution in [0.15, 0.2) is 42.5 Å². The molecule has 0 N–H and O–H groups in total. The van der Waals surface area contributed by atoms with E-state index in [-0.39, 0.29) is 5.41 Å². The van der Waals surface area contributed by atoms with Gasteiger partial charge in [-0.2, -0.15) is 5.26 Å². The van der Waals surface area contributed by atoms with Gasteiger partial charge in [-0.1, -0.05) is 39.0 Å². The minimum Gasteiger partial charge on any atom is -0.490 e. The summed E-state index contributed by atoms with van der Waals surface area (Å²) in [6.07, 6.45) is 0. The van der Waals surface area contributed by atoms with Gasteiger partial charge in [-0.05, 0) is 47.7 Å². The SMILES string of the molecule is Cc1ccc(C(C)(C)C)c(OCCOc2cccc(C#N)c2)c1. The lowest BCUT2D eigenvalue weighted by Crippen LogP contribution is -2.16. The van der Waals surface area contributed by atoms with E-state index in [0.29, 0.717) is 24.5 Å². The van der Waals surface area contributed by atoms with E-state index in [9.17, 15) is 0 Å². The van der Waals surface area contributed by atoms with Gasteiger partial charge in [0.05, 0.1) is 11.6 Å². The topological polar surface area (TPSA) is 42.2 Å². The molecule has 0 radical (unpaired) electrons. The molecular formula is C20H23NO2. The van der Waals surface area contributed by atoms with Crippen molar-refractivity contribution in [1.82, 2.24) is 0 Å². The highest BCUT2D eigenvalue weighted by Crippen LogP contribution is 2.32. The second-order valence-corrected chi connectivity index (χ2v) is 6.59. The number of ether oxygens (including phenoxy) is 2. The molecule has 2 aromatic rings. The first kappa shape index (κ1) is 16.9. The largest absolute Gasteiger partial charge is 0.490 e. The van der Waals surface area contributed by atoms with Crippen molar-refractivity contribution in [3.63, 3.8) is 0 Å². The summed E-state index contributed by atoms with van der Waals surface area (Å²) in [6.45, 7) is 9.48. The van der Waals surface area contributed by atoms with Gasteiger partial charge in [0, 0.05) is 0 Å². The highest BCUT2D eigenvalue weighted by molar-refractivity contribution is 5.41. The predicted octanol–water partition coefficient (Wildman–Crippen LogP) is 4.62. The van der Waals surface area contributed by atoms with E-state index in [2.05, 4.69) is 52.0 Å². The molecule has 0 saturated carbocycles. The summed E-state index contributed by atoms with van der Waals surface area (Å²) < 4.78 is 11.6. The number of aryl methyl sites for hydroxylation is 1. The highest BCUT2D eigenvalue weighted by atomic mass is 16.5. The van der Waals surface area contributed by atoms with Crippen LogP contribution in [0.4, 0.5) is 0 Å². The second-order valence-electron chi connectivity index (χ2n) is 6.59. The fourth-order valence-electron chi connectivity index (χ4n) is 2.34. The van der Waals surface area contributed by atoms with E-state index in [1.807, 2.05) is 12.1 Å². The molecule has 0 aliphatic carbocycles. The maximum Gasteiger partial charge on any atom is 0.123 e. The summed E-state index contributed by atoms with van der Waals surface area (Å²) in [7, 11) is 0. The summed E-state index contributed by atoms with van der Waals surface area (Å²) in [5, 5.41) is 8.88. The molecule has 0 fully saturated rings. The van der Waals surface area contributed by atoms with Gasteiger partial charge in [-0.3, -0.25) is 0 Å². The van der Waals surface area contributed by atoms with Crippen molar-refractivity contribution in [3.8, 4) is 17.6 Å². The van der Waals surface area contributed by atoms with Crippen LogP contribution in [0.2, 0.25) is 0 Å². The number of benzene rings is 2. The Morgan fingerprint density at radius 3 is 2.43 bits per heavy atom. The zero-order chi connectivity index (χ0) is 16.9. The smallest absolute Gasteiger partial charge is 0.123 e. The Bertz CT molecular complexity index is 708. The molecule has 0 amide bonds. The summed E-state index contributed by atoms with van der Waals surface area (Å²) in [5.41, 5.74) is 2.99. The molecule has 0 aromatic heterocycles. The molecule has 120 valence electrons. The van der Waals surface area contributed by atoms with Crippen LogP contribution in [0.3, 0.4) is 0 Å². The fourth-order valence-corrected chi connectivity index (χ4v) is 2.34. The van der Waals surface area contributed by atoms with Crippen molar-refractivity contribution in [2.45, 2.75) is 33.1 Å². The Morgan fingerprint density at radius 2 is 1.74 bits per heavy atom. The minimum atomic E-state index is 0.0328. The lowest BCUT2D eigenvalue weighted by molar-refractivity contribution is 0.214. The first-order valence-corrected chi connectivity index (χ1v) is 7.77. The van der Waals surface area contributed by atoms with Gasteiger partial charge in [-0.25, -0.2) is 0 Å².